The molecule has 1 aliphatic rings. The summed E-state index contributed by atoms with van der Waals surface area (Å²) in [5, 5.41) is 0. The number of sulfonamides is 1. The Hall–Kier alpha value is -0.950. The second-order valence-corrected chi connectivity index (χ2v) is 7.86. The molecule has 1 N–H and O–H groups in total. The Bertz CT molecular complexity index is 540. The fraction of sp³-hybridized carbons (Fsp3) is 0.625. The summed E-state index contributed by atoms with van der Waals surface area (Å²) >= 11 is 0. The van der Waals surface area contributed by atoms with E-state index in [1.807, 2.05) is 30.3 Å². The van der Waals surface area contributed by atoms with E-state index in [1.165, 1.54) is 0 Å². The van der Waals surface area contributed by atoms with Crippen LogP contribution in [0.2, 0.25) is 0 Å². The monoisotopic (exact) mass is 326 g/mol. The Morgan fingerprint density at radius 1 is 1.18 bits per heavy atom. The number of nitrogens with zero attached hydrogens (tertiary/aromatic N) is 1. The normalized spacial score (nSPS) is 18.5. The minimum absolute atomic E-state index is 0.0295. The van der Waals surface area contributed by atoms with Crippen LogP contribution >= 0.6 is 0 Å². The van der Waals surface area contributed by atoms with Crippen LogP contribution in [0.5, 0.6) is 0 Å². The summed E-state index contributed by atoms with van der Waals surface area (Å²) in [7, 11) is -3.31. The van der Waals surface area contributed by atoms with E-state index in [2.05, 4.69) is 23.5 Å². The van der Waals surface area contributed by atoms with Crippen LogP contribution in [0.25, 0.3) is 0 Å². The van der Waals surface area contributed by atoms with Crippen LogP contribution in [0.15, 0.2) is 30.3 Å². The molecule has 5 nitrogen and oxygen atoms in total. The summed E-state index contributed by atoms with van der Waals surface area (Å²) in [6, 6.07) is 9.47. The average Bonchev–Trinajstić information content (AvgIpc) is 2.48. The fourth-order valence-electron chi connectivity index (χ4n) is 2.75. The number of hydrogen-bond donors (Lipinski definition) is 1. The zero-order valence-corrected chi connectivity index (χ0v) is 14.2. The van der Waals surface area contributed by atoms with Gasteiger partial charge in [-0.2, -0.15) is 0 Å². The lowest BCUT2D eigenvalue weighted by Gasteiger charge is -2.36. The van der Waals surface area contributed by atoms with Crippen molar-refractivity contribution < 1.29 is 13.2 Å². The second kappa shape index (κ2) is 8.06. The Morgan fingerprint density at radius 2 is 1.82 bits per heavy atom. The smallest absolute Gasteiger partial charge is 0.215 e. The van der Waals surface area contributed by atoms with Crippen molar-refractivity contribution in [2.75, 3.05) is 32.8 Å². The highest BCUT2D eigenvalue weighted by Gasteiger charge is 2.25. The maximum absolute atomic E-state index is 12.3. The topological polar surface area (TPSA) is 58.6 Å². The van der Waals surface area contributed by atoms with Gasteiger partial charge in [-0.15, -0.1) is 0 Å². The SMILES string of the molecule is CC(C)C(CNS(=O)(=O)Cc1ccccc1)N1CCOCC1. The highest BCUT2D eigenvalue weighted by Crippen LogP contribution is 2.13. The second-order valence-electron chi connectivity index (χ2n) is 6.05. The third kappa shape index (κ3) is 5.35. The number of rotatable bonds is 7. The number of nitrogens with one attached hydrogen (secondary N) is 1. The molecule has 124 valence electrons. The predicted octanol–water partition coefficient (Wildman–Crippen LogP) is 1.46. The molecule has 0 aromatic heterocycles. The molecular formula is C16H26N2O3S. The summed E-state index contributed by atoms with van der Waals surface area (Å²) in [6.45, 7) is 7.89. The van der Waals surface area contributed by atoms with Crippen LogP contribution in [0, 0.1) is 5.92 Å². The van der Waals surface area contributed by atoms with Crippen LogP contribution in [-0.2, 0) is 20.5 Å². The lowest BCUT2D eigenvalue weighted by Crippen LogP contribution is -2.51. The van der Waals surface area contributed by atoms with Crippen molar-refractivity contribution in [1.82, 2.24) is 9.62 Å². The van der Waals surface area contributed by atoms with Gasteiger partial charge in [-0.3, -0.25) is 4.90 Å². The van der Waals surface area contributed by atoms with E-state index in [1.54, 1.807) is 0 Å². The van der Waals surface area contributed by atoms with E-state index >= 15 is 0 Å². The van der Waals surface area contributed by atoms with E-state index in [0.29, 0.717) is 12.5 Å². The maximum atomic E-state index is 12.3. The van der Waals surface area contributed by atoms with Gasteiger partial charge in [0.1, 0.15) is 0 Å². The first-order valence-electron chi connectivity index (χ1n) is 7.81. The van der Waals surface area contributed by atoms with Gasteiger partial charge in [-0.25, -0.2) is 13.1 Å². The lowest BCUT2D eigenvalue weighted by atomic mass is 10.0. The molecule has 0 bridgehead atoms. The molecule has 0 amide bonds. The van der Waals surface area contributed by atoms with E-state index in [4.69, 9.17) is 4.74 Å². The minimum atomic E-state index is -3.31. The van der Waals surface area contributed by atoms with Crippen LogP contribution in [0.3, 0.4) is 0 Å². The molecule has 2 rings (SSSR count). The van der Waals surface area contributed by atoms with Crippen LogP contribution in [-0.4, -0.2) is 52.2 Å². The zero-order valence-electron chi connectivity index (χ0n) is 13.4. The average molecular weight is 326 g/mol. The number of ether oxygens (including phenoxy) is 1. The Morgan fingerprint density at radius 3 is 2.41 bits per heavy atom. The third-order valence-corrected chi connectivity index (χ3v) is 5.32. The van der Waals surface area contributed by atoms with Gasteiger partial charge >= 0.3 is 0 Å². The molecule has 1 heterocycles. The molecule has 1 unspecified atom stereocenters. The Labute approximate surface area is 133 Å². The van der Waals surface area contributed by atoms with Crippen molar-refractivity contribution >= 4 is 10.0 Å². The van der Waals surface area contributed by atoms with Gasteiger partial charge in [-0.1, -0.05) is 44.2 Å². The van der Waals surface area contributed by atoms with Crippen molar-refractivity contribution in [3.8, 4) is 0 Å². The summed E-state index contributed by atoms with van der Waals surface area (Å²) in [6.07, 6.45) is 0. The van der Waals surface area contributed by atoms with Gasteiger partial charge in [0.2, 0.25) is 10.0 Å². The summed E-state index contributed by atoms with van der Waals surface area (Å²) in [5.74, 6) is 0.416. The Kier molecular flexibility index (Phi) is 6.37. The zero-order chi connectivity index (χ0) is 16.0. The summed E-state index contributed by atoms with van der Waals surface area (Å²) in [4.78, 5) is 2.32. The molecule has 0 aliphatic carbocycles. The van der Waals surface area contributed by atoms with Crippen LogP contribution in [0.1, 0.15) is 19.4 Å². The largest absolute Gasteiger partial charge is 0.379 e. The van der Waals surface area contributed by atoms with E-state index < -0.39 is 10.0 Å². The molecular weight excluding hydrogens is 300 g/mol. The number of morpholine rings is 1. The Balaban J connectivity index is 1.93. The first kappa shape index (κ1) is 17.4. The number of benzene rings is 1. The molecule has 0 spiro atoms. The van der Waals surface area contributed by atoms with Crippen LogP contribution in [0.4, 0.5) is 0 Å². The molecule has 1 aromatic carbocycles. The number of hydrogen-bond acceptors (Lipinski definition) is 4. The van der Waals surface area contributed by atoms with Crippen molar-refractivity contribution in [3.05, 3.63) is 35.9 Å². The predicted molar refractivity (Wildman–Crippen MR) is 88.1 cm³/mol. The van der Waals surface area contributed by atoms with Crippen molar-refractivity contribution in [3.63, 3.8) is 0 Å². The molecule has 22 heavy (non-hydrogen) atoms. The minimum Gasteiger partial charge on any atom is -0.379 e. The summed E-state index contributed by atoms with van der Waals surface area (Å²) in [5.41, 5.74) is 0.808. The third-order valence-electron chi connectivity index (χ3n) is 4.00. The fourth-order valence-corrected chi connectivity index (χ4v) is 3.91. The molecule has 6 heteroatoms. The van der Waals surface area contributed by atoms with Gasteiger partial charge in [0.25, 0.3) is 0 Å². The molecule has 1 fully saturated rings. The van der Waals surface area contributed by atoms with Crippen molar-refractivity contribution in [2.24, 2.45) is 5.92 Å². The van der Waals surface area contributed by atoms with Gasteiger partial charge in [-0.05, 0) is 11.5 Å². The molecule has 1 aliphatic heterocycles. The lowest BCUT2D eigenvalue weighted by molar-refractivity contribution is 0.00776. The molecule has 0 saturated carbocycles. The molecule has 1 atom stereocenters. The van der Waals surface area contributed by atoms with Gasteiger partial charge in [0, 0.05) is 25.7 Å². The van der Waals surface area contributed by atoms with E-state index in [0.717, 1.165) is 31.9 Å². The highest BCUT2D eigenvalue weighted by molar-refractivity contribution is 7.88. The molecule has 1 aromatic rings. The van der Waals surface area contributed by atoms with E-state index in [-0.39, 0.29) is 11.8 Å². The van der Waals surface area contributed by atoms with Crippen LogP contribution < -0.4 is 4.72 Å². The quantitative estimate of drug-likeness (QED) is 0.824. The van der Waals surface area contributed by atoms with Crippen molar-refractivity contribution in [1.29, 1.82) is 0 Å². The van der Waals surface area contributed by atoms with Gasteiger partial charge < -0.3 is 4.74 Å². The molecule has 1 saturated heterocycles. The first-order chi connectivity index (χ1) is 10.5. The maximum Gasteiger partial charge on any atom is 0.215 e. The standard InChI is InChI=1S/C16H26N2O3S/c1-14(2)16(18-8-10-21-11-9-18)12-17-22(19,20)13-15-6-4-3-5-7-15/h3-7,14,16-17H,8-13H2,1-2H3. The summed E-state index contributed by atoms with van der Waals surface area (Å²) < 4.78 is 32.7. The first-order valence-corrected chi connectivity index (χ1v) is 9.46. The van der Waals surface area contributed by atoms with Crippen molar-refractivity contribution in [2.45, 2.75) is 25.6 Å². The van der Waals surface area contributed by atoms with E-state index in [9.17, 15) is 8.42 Å². The van der Waals surface area contributed by atoms with Gasteiger partial charge in [0.05, 0.1) is 19.0 Å². The molecule has 0 radical (unpaired) electrons. The highest BCUT2D eigenvalue weighted by atomic mass is 32.2. The van der Waals surface area contributed by atoms with Gasteiger partial charge in [0.15, 0.2) is 0 Å².